The van der Waals surface area contributed by atoms with Gasteiger partial charge in [-0.05, 0) is 37.8 Å². The van der Waals surface area contributed by atoms with Crippen LogP contribution < -0.4 is 16.4 Å². The van der Waals surface area contributed by atoms with E-state index in [1.54, 1.807) is 11.1 Å². The summed E-state index contributed by atoms with van der Waals surface area (Å²) in [5.74, 6) is -0.0669. The number of aromatic nitrogens is 1. The van der Waals surface area contributed by atoms with Crippen LogP contribution >= 0.6 is 0 Å². The second-order valence-corrected chi connectivity index (χ2v) is 6.98. The van der Waals surface area contributed by atoms with Gasteiger partial charge in [-0.15, -0.1) is 0 Å². The van der Waals surface area contributed by atoms with E-state index in [1.807, 2.05) is 26.0 Å². The number of nitrogens with zero attached hydrogens (tertiary/aromatic N) is 2. The van der Waals surface area contributed by atoms with Gasteiger partial charge >= 0.3 is 6.03 Å². The number of carbonyl (C=O) groups excluding carboxylic acids is 3. The van der Waals surface area contributed by atoms with Gasteiger partial charge in [0, 0.05) is 19.3 Å². The normalized spacial score (nSPS) is 17.9. The Balaban J connectivity index is 2.00. The van der Waals surface area contributed by atoms with Gasteiger partial charge in [0.15, 0.2) is 0 Å². The molecule has 0 bridgehead atoms. The molecule has 0 radical (unpaired) electrons. The molecular weight excluding hydrogens is 346 g/mol. The molecule has 2 unspecified atom stereocenters. The minimum atomic E-state index is -0.707. The number of pyridine rings is 1. The highest BCUT2D eigenvalue weighted by molar-refractivity contribution is 5.93. The molecule has 8 heteroatoms. The molecule has 27 heavy (non-hydrogen) atoms. The zero-order chi connectivity index (χ0) is 19.8. The second kappa shape index (κ2) is 9.89. The molecule has 1 aromatic heterocycles. The molecule has 4 N–H and O–H groups in total. The number of anilines is 1. The first-order valence-corrected chi connectivity index (χ1v) is 9.49. The Hall–Kier alpha value is -2.64. The number of carbonyl (C=O) groups is 3. The van der Waals surface area contributed by atoms with Crippen molar-refractivity contribution in [3.05, 3.63) is 23.9 Å². The van der Waals surface area contributed by atoms with Crippen molar-refractivity contribution >= 4 is 23.7 Å². The van der Waals surface area contributed by atoms with Gasteiger partial charge in [-0.25, -0.2) is 9.78 Å². The fraction of sp³-hybridized carbons (Fsp3) is 0.579. The van der Waals surface area contributed by atoms with Gasteiger partial charge in [0.05, 0.1) is 5.92 Å². The molecule has 2 rings (SSSR count). The lowest BCUT2D eigenvalue weighted by molar-refractivity contribution is -0.136. The largest absolute Gasteiger partial charge is 0.352 e. The van der Waals surface area contributed by atoms with Crippen LogP contribution in [0.15, 0.2) is 18.3 Å². The summed E-state index contributed by atoms with van der Waals surface area (Å²) >= 11 is 0. The van der Waals surface area contributed by atoms with Crippen LogP contribution in [0.3, 0.4) is 0 Å². The summed E-state index contributed by atoms with van der Waals surface area (Å²) in [5, 5.41) is 5.40. The van der Waals surface area contributed by atoms with Gasteiger partial charge in [0.1, 0.15) is 11.9 Å². The van der Waals surface area contributed by atoms with Crippen molar-refractivity contribution in [3.63, 3.8) is 0 Å². The van der Waals surface area contributed by atoms with E-state index < -0.39 is 12.1 Å². The highest BCUT2D eigenvalue weighted by Gasteiger charge is 2.32. The van der Waals surface area contributed by atoms with Crippen LogP contribution in [0.2, 0.25) is 0 Å². The van der Waals surface area contributed by atoms with Crippen molar-refractivity contribution in [2.75, 3.05) is 18.4 Å². The maximum Gasteiger partial charge on any atom is 0.312 e. The van der Waals surface area contributed by atoms with Gasteiger partial charge in [0.25, 0.3) is 0 Å². The third-order valence-corrected chi connectivity index (χ3v) is 4.82. The first kappa shape index (κ1) is 20.7. The number of urea groups is 1. The maximum atomic E-state index is 12.8. The van der Waals surface area contributed by atoms with E-state index in [1.165, 1.54) is 0 Å². The predicted molar refractivity (Wildman–Crippen MR) is 103 cm³/mol. The summed E-state index contributed by atoms with van der Waals surface area (Å²) in [6.45, 7) is 4.81. The second-order valence-electron chi connectivity index (χ2n) is 6.98. The van der Waals surface area contributed by atoms with Crippen molar-refractivity contribution < 1.29 is 14.4 Å². The number of primary amides is 1. The quantitative estimate of drug-likeness (QED) is 0.673. The van der Waals surface area contributed by atoms with E-state index in [4.69, 9.17) is 5.73 Å². The molecule has 0 aliphatic carbocycles. The number of hydrogen-bond donors (Lipinski definition) is 3. The topological polar surface area (TPSA) is 117 Å². The van der Waals surface area contributed by atoms with E-state index in [2.05, 4.69) is 15.6 Å². The Labute approximate surface area is 159 Å². The lowest BCUT2D eigenvalue weighted by atomic mass is 9.96. The molecule has 0 saturated carbocycles. The Bertz CT molecular complexity index is 679. The van der Waals surface area contributed by atoms with Gasteiger partial charge in [-0.2, -0.15) is 0 Å². The molecule has 8 nitrogen and oxygen atoms in total. The SMILES string of the molecule is CCCCC(NC(N)=O)C(=O)N1CCCC(C(=O)Nc2ncccc2C)C1. The van der Waals surface area contributed by atoms with Crippen LogP contribution in [-0.2, 0) is 9.59 Å². The van der Waals surface area contributed by atoms with Crippen molar-refractivity contribution in [3.8, 4) is 0 Å². The summed E-state index contributed by atoms with van der Waals surface area (Å²) in [4.78, 5) is 42.5. The minimum absolute atomic E-state index is 0.137. The third-order valence-electron chi connectivity index (χ3n) is 4.82. The number of aryl methyl sites for hydroxylation is 1. The first-order chi connectivity index (χ1) is 12.9. The molecule has 4 amide bonds. The fourth-order valence-electron chi connectivity index (χ4n) is 3.28. The maximum absolute atomic E-state index is 12.8. The fourth-order valence-corrected chi connectivity index (χ4v) is 3.28. The van der Waals surface area contributed by atoms with Gasteiger partial charge in [-0.1, -0.05) is 25.8 Å². The van der Waals surface area contributed by atoms with Crippen molar-refractivity contribution in [2.24, 2.45) is 11.7 Å². The molecule has 1 aliphatic heterocycles. The molecule has 1 saturated heterocycles. The summed E-state index contributed by atoms with van der Waals surface area (Å²) in [6, 6.07) is 2.35. The van der Waals surface area contributed by atoms with Crippen LogP contribution in [0.25, 0.3) is 0 Å². The molecule has 1 aliphatic rings. The van der Waals surface area contributed by atoms with Crippen LogP contribution in [0.4, 0.5) is 10.6 Å². The Morgan fingerprint density at radius 2 is 2.19 bits per heavy atom. The van der Waals surface area contributed by atoms with Crippen molar-refractivity contribution in [2.45, 2.75) is 52.0 Å². The van der Waals surface area contributed by atoms with Gasteiger partial charge < -0.3 is 21.3 Å². The van der Waals surface area contributed by atoms with Crippen molar-refractivity contribution in [1.29, 1.82) is 0 Å². The lowest BCUT2D eigenvalue weighted by Crippen LogP contribution is -2.53. The molecule has 2 heterocycles. The highest BCUT2D eigenvalue weighted by atomic mass is 16.2. The van der Waals surface area contributed by atoms with Crippen LogP contribution in [0.1, 0.15) is 44.6 Å². The molecule has 1 fully saturated rings. The van der Waals surface area contributed by atoms with Crippen LogP contribution in [-0.4, -0.2) is 46.9 Å². The van der Waals surface area contributed by atoms with E-state index in [9.17, 15) is 14.4 Å². The molecular formula is C19H29N5O3. The number of piperidine rings is 1. The molecule has 2 atom stereocenters. The van der Waals surface area contributed by atoms with E-state index in [-0.39, 0.29) is 17.7 Å². The number of nitrogens with two attached hydrogens (primary N) is 1. The number of amides is 4. The Morgan fingerprint density at radius 1 is 1.41 bits per heavy atom. The average molecular weight is 375 g/mol. The monoisotopic (exact) mass is 375 g/mol. The summed E-state index contributed by atoms with van der Waals surface area (Å²) < 4.78 is 0. The Kier molecular flexibility index (Phi) is 7.57. The predicted octanol–water partition coefficient (Wildman–Crippen LogP) is 1.79. The van der Waals surface area contributed by atoms with E-state index in [0.717, 1.165) is 24.8 Å². The number of hydrogen-bond acceptors (Lipinski definition) is 4. The van der Waals surface area contributed by atoms with Gasteiger partial charge in [-0.3, -0.25) is 9.59 Å². The zero-order valence-corrected chi connectivity index (χ0v) is 16.0. The first-order valence-electron chi connectivity index (χ1n) is 9.49. The number of unbranched alkanes of at least 4 members (excludes halogenated alkanes) is 1. The summed E-state index contributed by atoms with van der Waals surface area (Å²) in [6.07, 6.45) is 5.35. The zero-order valence-electron chi connectivity index (χ0n) is 16.0. The van der Waals surface area contributed by atoms with Gasteiger partial charge in [0.2, 0.25) is 11.8 Å². The smallest absolute Gasteiger partial charge is 0.312 e. The third kappa shape index (κ3) is 5.94. The molecule has 148 valence electrons. The van der Waals surface area contributed by atoms with E-state index >= 15 is 0 Å². The van der Waals surface area contributed by atoms with Crippen molar-refractivity contribution in [1.82, 2.24) is 15.2 Å². The van der Waals surface area contributed by atoms with E-state index in [0.29, 0.717) is 31.7 Å². The molecule has 0 spiro atoms. The highest BCUT2D eigenvalue weighted by Crippen LogP contribution is 2.20. The average Bonchev–Trinajstić information content (AvgIpc) is 2.66. The molecule has 0 aromatic carbocycles. The standard InChI is InChI=1S/C19H29N5O3/c1-3-4-9-15(22-19(20)27)18(26)24-11-6-8-14(12-24)17(25)23-16-13(2)7-5-10-21-16/h5,7,10,14-15H,3-4,6,8-9,11-12H2,1-2H3,(H3,20,22,27)(H,21,23,25). The van der Waals surface area contributed by atoms with Crippen LogP contribution in [0.5, 0.6) is 0 Å². The summed E-state index contributed by atoms with van der Waals surface area (Å²) in [5.41, 5.74) is 6.10. The number of rotatable bonds is 7. The molecule has 1 aromatic rings. The van der Waals surface area contributed by atoms with Crippen LogP contribution in [0, 0.1) is 12.8 Å². The number of nitrogens with one attached hydrogen (secondary N) is 2. The minimum Gasteiger partial charge on any atom is -0.352 e. The number of likely N-dealkylation sites (tertiary alicyclic amines) is 1. The lowest BCUT2D eigenvalue weighted by Gasteiger charge is -2.34. The summed E-state index contributed by atoms with van der Waals surface area (Å²) in [7, 11) is 0. The Morgan fingerprint density at radius 3 is 2.85 bits per heavy atom.